The van der Waals surface area contributed by atoms with Gasteiger partial charge in [-0.1, -0.05) is 30.3 Å². The summed E-state index contributed by atoms with van der Waals surface area (Å²) < 4.78 is 16.4. The molecule has 0 radical (unpaired) electrons. The monoisotopic (exact) mass is 374 g/mol. The Balaban J connectivity index is 1.97. The van der Waals surface area contributed by atoms with Gasteiger partial charge in [-0.2, -0.15) is 5.26 Å². The molecule has 2 aromatic carbocycles. The molecule has 1 unspecified atom stereocenters. The van der Waals surface area contributed by atoms with Crippen molar-refractivity contribution >= 4 is 0 Å². The van der Waals surface area contributed by atoms with Crippen molar-refractivity contribution in [2.45, 2.75) is 5.92 Å². The van der Waals surface area contributed by atoms with Gasteiger partial charge < -0.3 is 19.9 Å². The van der Waals surface area contributed by atoms with Gasteiger partial charge in [0.15, 0.2) is 0 Å². The number of fused-ring (bicyclic) bond motifs is 1. The lowest BCUT2D eigenvalue weighted by Crippen LogP contribution is -2.21. The first-order valence-electron chi connectivity index (χ1n) is 8.60. The second-order valence-corrected chi connectivity index (χ2v) is 6.25. The lowest BCUT2D eigenvalue weighted by atomic mass is 9.83. The van der Waals surface area contributed by atoms with Crippen molar-refractivity contribution in [3.8, 4) is 34.7 Å². The number of ether oxygens (including phenoxy) is 3. The summed E-state index contributed by atoms with van der Waals surface area (Å²) in [5.74, 6) is 1.13. The van der Waals surface area contributed by atoms with E-state index in [0.29, 0.717) is 23.0 Å². The van der Waals surface area contributed by atoms with E-state index in [4.69, 9.17) is 19.9 Å². The van der Waals surface area contributed by atoms with Crippen LogP contribution in [0.4, 0.5) is 0 Å². The zero-order valence-corrected chi connectivity index (χ0v) is 15.4. The fraction of sp³-hybridized carbons (Fsp3) is 0.143. The lowest BCUT2D eigenvalue weighted by molar-refractivity contribution is 0.377. The Bertz CT molecular complexity index is 1070. The summed E-state index contributed by atoms with van der Waals surface area (Å²) in [6, 6.07) is 17.4. The van der Waals surface area contributed by atoms with Crippen LogP contribution >= 0.6 is 0 Å². The van der Waals surface area contributed by atoms with Crippen LogP contribution in [0.15, 0.2) is 60.0 Å². The number of H-pyrrole nitrogens is 1. The molecule has 0 amide bonds. The maximum atomic E-state index is 9.81. The van der Waals surface area contributed by atoms with Gasteiger partial charge in [0.05, 0.1) is 31.4 Å². The summed E-state index contributed by atoms with van der Waals surface area (Å²) in [5, 5.41) is 17.1. The molecule has 7 heteroatoms. The van der Waals surface area contributed by atoms with E-state index in [0.717, 1.165) is 22.4 Å². The van der Waals surface area contributed by atoms with E-state index in [9.17, 15) is 5.26 Å². The average Bonchev–Trinajstić information content (AvgIpc) is 3.16. The number of nitrogens with one attached hydrogen (secondary N) is 1. The first-order valence-corrected chi connectivity index (χ1v) is 8.60. The maximum absolute atomic E-state index is 9.81. The minimum Gasteiger partial charge on any atom is -0.497 e. The summed E-state index contributed by atoms with van der Waals surface area (Å²) in [6.07, 6.45) is 0. The molecule has 1 atom stereocenters. The number of aromatic nitrogens is 2. The zero-order chi connectivity index (χ0) is 19.7. The van der Waals surface area contributed by atoms with E-state index in [1.165, 1.54) is 0 Å². The van der Waals surface area contributed by atoms with Gasteiger partial charge in [0, 0.05) is 6.07 Å². The molecule has 3 aromatic rings. The van der Waals surface area contributed by atoms with Crippen molar-refractivity contribution in [1.29, 1.82) is 5.26 Å². The molecule has 7 nitrogen and oxygen atoms in total. The first-order chi connectivity index (χ1) is 13.7. The zero-order valence-electron chi connectivity index (χ0n) is 15.4. The molecule has 1 aromatic heterocycles. The number of benzene rings is 2. The molecular weight excluding hydrogens is 356 g/mol. The van der Waals surface area contributed by atoms with Crippen molar-refractivity contribution in [1.82, 2.24) is 10.2 Å². The molecule has 1 aliphatic rings. The Hall–Kier alpha value is -3.92. The number of allylic oxidation sites excluding steroid dienone is 1. The number of nitrogens with two attached hydrogens (primary N) is 1. The fourth-order valence-electron chi connectivity index (χ4n) is 3.40. The smallest absolute Gasteiger partial charge is 0.244 e. The fourth-order valence-corrected chi connectivity index (χ4v) is 3.40. The third-order valence-electron chi connectivity index (χ3n) is 4.71. The highest BCUT2D eigenvalue weighted by Gasteiger charge is 2.36. The summed E-state index contributed by atoms with van der Waals surface area (Å²) in [7, 11) is 3.16. The van der Waals surface area contributed by atoms with E-state index in [-0.39, 0.29) is 5.88 Å². The highest BCUT2D eigenvalue weighted by Crippen LogP contribution is 2.46. The van der Waals surface area contributed by atoms with E-state index >= 15 is 0 Å². The number of aromatic amines is 1. The van der Waals surface area contributed by atoms with Gasteiger partial charge >= 0.3 is 0 Å². The van der Waals surface area contributed by atoms with Gasteiger partial charge in [0.25, 0.3) is 0 Å². The maximum Gasteiger partial charge on any atom is 0.244 e. The number of nitriles is 1. The van der Waals surface area contributed by atoms with Crippen LogP contribution < -0.4 is 19.9 Å². The van der Waals surface area contributed by atoms with Gasteiger partial charge in [0.1, 0.15) is 23.1 Å². The predicted octanol–water partition coefficient (Wildman–Crippen LogP) is 3.31. The van der Waals surface area contributed by atoms with E-state index in [2.05, 4.69) is 16.3 Å². The molecule has 28 heavy (non-hydrogen) atoms. The third kappa shape index (κ3) is 2.81. The van der Waals surface area contributed by atoms with Gasteiger partial charge in [-0.05, 0) is 23.3 Å². The Morgan fingerprint density at radius 1 is 1.11 bits per heavy atom. The predicted molar refractivity (Wildman–Crippen MR) is 103 cm³/mol. The van der Waals surface area contributed by atoms with Crippen LogP contribution in [0, 0.1) is 11.3 Å². The van der Waals surface area contributed by atoms with Crippen LogP contribution in [0.2, 0.25) is 0 Å². The summed E-state index contributed by atoms with van der Waals surface area (Å²) in [5.41, 5.74) is 9.57. The Kier molecular flexibility index (Phi) is 4.38. The van der Waals surface area contributed by atoms with Crippen molar-refractivity contribution in [3.05, 3.63) is 71.1 Å². The molecule has 0 fully saturated rings. The third-order valence-corrected chi connectivity index (χ3v) is 4.71. The molecular formula is C21H18N4O3. The number of methoxy groups -OCH3 is 2. The molecule has 4 rings (SSSR count). The molecule has 0 aliphatic carbocycles. The summed E-state index contributed by atoms with van der Waals surface area (Å²) in [6.45, 7) is 0. The van der Waals surface area contributed by atoms with Crippen molar-refractivity contribution in [3.63, 3.8) is 0 Å². The molecule has 3 N–H and O–H groups in total. The number of nitrogens with zero attached hydrogens (tertiary/aromatic N) is 2. The molecule has 2 heterocycles. The van der Waals surface area contributed by atoms with Crippen LogP contribution in [0.1, 0.15) is 17.0 Å². The largest absolute Gasteiger partial charge is 0.497 e. The van der Waals surface area contributed by atoms with E-state index in [1.807, 2.05) is 42.5 Å². The normalized spacial score (nSPS) is 15.4. The van der Waals surface area contributed by atoms with Gasteiger partial charge in [-0.25, -0.2) is 0 Å². The highest BCUT2D eigenvalue weighted by molar-refractivity contribution is 5.71. The van der Waals surface area contributed by atoms with Crippen LogP contribution in [0.3, 0.4) is 0 Å². The van der Waals surface area contributed by atoms with E-state index in [1.54, 1.807) is 20.3 Å². The van der Waals surface area contributed by atoms with Gasteiger partial charge in [-0.3, -0.25) is 5.10 Å². The molecule has 1 aliphatic heterocycles. The van der Waals surface area contributed by atoms with Gasteiger partial charge in [0.2, 0.25) is 11.8 Å². The van der Waals surface area contributed by atoms with Crippen LogP contribution in [-0.2, 0) is 0 Å². The summed E-state index contributed by atoms with van der Waals surface area (Å²) >= 11 is 0. The van der Waals surface area contributed by atoms with Crippen molar-refractivity contribution in [2.75, 3.05) is 14.2 Å². The Labute approximate surface area is 162 Å². The van der Waals surface area contributed by atoms with Crippen LogP contribution in [-0.4, -0.2) is 24.4 Å². The Morgan fingerprint density at radius 2 is 1.79 bits per heavy atom. The van der Waals surface area contributed by atoms with E-state index < -0.39 is 5.92 Å². The molecule has 0 saturated carbocycles. The lowest BCUT2D eigenvalue weighted by Gasteiger charge is -2.24. The second kappa shape index (κ2) is 7.00. The van der Waals surface area contributed by atoms with Crippen LogP contribution in [0.25, 0.3) is 11.3 Å². The topological polar surface area (TPSA) is 106 Å². The minimum absolute atomic E-state index is 0.0351. The van der Waals surface area contributed by atoms with Crippen molar-refractivity contribution < 1.29 is 14.2 Å². The minimum atomic E-state index is -0.480. The Morgan fingerprint density at radius 3 is 2.39 bits per heavy atom. The SMILES string of the molecule is COc1cc(OC)cc(C2C(C#N)=C(N)Oc3n[nH]c(-c4ccccc4)c32)c1. The standard InChI is InChI=1S/C21H18N4O3/c1-26-14-8-13(9-15(10-14)27-2)17-16(11-22)20(23)28-21-18(17)19(24-25-21)12-6-4-3-5-7-12/h3-10,17H,23H2,1-2H3,(H,24,25). The second-order valence-electron chi connectivity index (χ2n) is 6.25. The van der Waals surface area contributed by atoms with Gasteiger partial charge in [-0.15, -0.1) is 5.10 Å². The number of hydrogen-bond donors (Lipinski definition) is 2. The first kappa shape index (κ1) is 17.5. The molecule has 140 valence electrons. The highest BCUT2D eigenvalue weighted by atomic mass is 16.5. The number of hydrogen-bond acceptors (Lipinski definition) is 6. The average molecular weight is 374 g/mol. The summed E-state index contributed by atoms with van der Waals surface area (Å²) in [4.78, 5) is 0. The quantitative estimate of drug-likeness (QED) is 0.726. The number of rotatable bonds is 4. The van der Waals surface area contributed by atoms with Crippen LogP contribution in [0.5, 0.6) is 17.4 Å². The molecule has 0 bridgehead atoms. The molecule has 0 saturated heterocycles. The molecule has 0 spiro atoms. The van der Waals surface area contributed by atoms with Crippen molar-refractivity contribution in [2.24, 2.45) is 5.73 Å².